The van der Waals surface area contributed by atoms with Gasteiger partial charge < -0.3 is 14.6 Å². The van der Waals surface area contributed by atoms with Crippen molar-refractivity contribution in [3.8, 4) is 11.4 Å². The van der Waals surface area contributed by atoms with Crippen LogP contribution >= 0.6 is 0 Å². The van der Waals surface area contributed by atoms with Crippen LogP contribution in [-0.4, -0.2) is 38.6 Å². The fraction of sp³-hybridized carbons (Fsp3) is 0.333. The number of aromatic nitrogens is 4. The fourth-order valence-corrected chi connectivity index (χ4v) is 2.82. The number of rotatable bonds is 7. The van der Waals surface area contributed by atoms with E-state index in [4.69, 9.17) is 9.26 Å². The Bertz CT molecular complexity index is 1030. The second-order valence-corrected chi connectivity index (χ2v) is 6.94. The summed E-state index contributed by atoms with van der Waals surface area (Å²) in [6.07, 6.45) is 3.28. The third-order valence-electron chi connectivity index (χ3n) is 4.41. The van der Waals surface area contributed by atoms with Gasteiger partial charge in [-0.2, -0.15) is 4.98 Å². The van der Waals surface area contributed by atoms with E-state index < -0.39 is 17.9 Å². The van der Waals surface area contributed by atoms with Crippen molar-refractivity contribution in [1.82, 2.24) is 25.4 Å². The number of ether oxygens (including phenoxy) is 1. The molecule has 1 amide bonds. The predicted molar refractivity (Wildman–Crippen MR) is 108 cm³/mol. The SMILES string of the molecule is CCOC(=O)c1ccc(C(=O)NC(c2nc(-c3ccncc3)no2)C(C)C)nc1C. The van der Waals surface area contributed by atoms with Crippen LogP contribution in [0.1, 0.15) is 59.2 Å². The van der Waals surface area contributed by atoms with Gasteiger partial charge in [0, 0.05) is 18.0 Å². The summed E-state index contributed by atoms with van der Waals surface area (Å²) in [7, 11) is 0. The molecule has 3 aromatic rings. The smallest absolute Gasteiger partial charge is 0.339 e. The van der Waals surface area contributed by atoms with Gasteiger partial charge in [0.15, 0.2) is 0 Å². The molecule has 3 rings (SSSR count). The van der Waals surface area contributed by atoms with Crippen molar-refractivity contribution in [2.45, 2.75) is 33.7 Å². The largest absolute Gasteiger partial charge is 0.462 e. The minimum Gasteiger partial charge on any atom is -0.462 e. The monoisotopic (exact) mass is 409 g/mol. The Morgan fingerprint density at radius 3 is 2.50 bits per heavy atom. The highest BCUT2D eigenvalue weighted by molar-refractivity contribution is 5.95. The number of hydrogen-bond donors (Lipinski definition) is 1. The van der Waals surface area contributed by atoms with E-state index in [1.54, 1.807) is 38.4 Å². The van der Waals surface area contributed by atoms with Crippen molar-refractivity contribution in [3.05, 3.63) is 59.5 Å². The zero-order valence-electron chi connectivity index (χ0n) is 17.2. The average molecular weight is 409 g/mol. The number of aryl methyl sites for hydroxylation is 1. The Morgan fingerprint density at radius 2 is 1.87 bits per heavy atom. The van der Waals surface area contributed by atoms with Gasteiger partial charge in [-0.15, -0.1) is 0 Å². The molecule has 0 spiro atoms. The molecule has 0 fully saturated rings. The predicted octanol–water partition coefficient (Wildman–Crippen LogP) is 3.14. The molecule has 1 atom stereocenters. The molecule has 3 heterocycles. The van der Waals surface area contributed by atoms with Gasteiger partial charge in [-0.3, -0.25) is 9.78 Å². The van der Waals surface area contributed by atoms with Crippen LogP contribution in [0.2, 0.25) is 0 Å². The lowest BCUT2D eigenvalue weighted by molar-refractivity contribution is 0.0524. The summed E-state index contributed by atoms with van der Waals surface area (Å²) < 4.78 is 10.4. The van der Waals surface area contributed by atoms with E-state index >= 15 is 0 Å². The van der Waals surface area contributed by atoms with E-state index in [-0.39, 0.29) is 18.2 Å². The maximum atomic E-state index is 12.8. The van der Waals surface area contributed by atoms with Crippen LogP contribution in [0.25, 0.3) is 11.4 Å². The number of pyridine rings is 2. The van der Waals surface area contributed by atoms with Gasteiger partial charge in [-0.05, 0) is 44.0 Å². The second-order valence-electron chi connectivity index (χ2n) is 6.94. The van der Waals surface area contributed by atoms with Crippen LogP contribution in [0, 0.1) is 12.8 Å². The summed E-state index contributed by atoms with van der Waals surface area (Å²) in [5, 5.41) is 6.89. The third kappa shape index (κ3) is 4.68. The normalized spacial score (nSPS) is 11.9. The highest BCUT2D eigenvalue weighted by Gasteiger charge is 2.26. The van der Waals surface area contributed by atoms with Crippen LogP contribution < -0.4 is 5.32 Å². The molecule has 0 aliphatic rings. The molecule has 1 unspecified atom stereocenters. The summed E-state index contributed by atoms with van der Waals surface area (Å²) in [5.41, 5.74) is 1.69. The number of esters is 1. The molecule has 0 saturated heterocycles. The molecule has 30 heavy (non-hydrogen) atoms. The number of amides is 1. The van der Waals surface area contributed by atoms with Crippen LogP contribution in [0.5, 0.6) is 0 Å². The lowest BCUT2D eigenvalue weighted by Crippen LogP contribution is -2.32. The van der Waals surface area contributed by atoms with Crippen LogP contribution in [0.4, 0.5) is 0 Å². The Balaban J connectivity index is 1.79. The number of carbonyl (C=O) groups excluding carboxylic acids is 2. The summed E-state index contributed by atoms with van der Waals surface area (Å²) in [4.78, 5) is 37.3. The third-order valence-corrected chi connectivity index (χ3v) is 4.41. The minimum absolute atomic E-state index is 0.0143. The van der Waals surface area contributed by atoms with E-state index in [2.05, 4.69) is 25.4 Å². The van der Waals surface area contributed by atoms with Gasteiger partial charge in [-0.1, -0.05) is 19.0 Å². The highest BCUT2D eigenvalue weighted by atomic mass is 16.5. The molecule has 0 radical (unpaired) electrons. The lowest BCUT2D eigenvalue weighted by Gasteiger charge is -2.18. The number of carbonyl (C=O) groups is 2. The van der Waals surface area contributed by atoms with Gasteiger partial charge in [-0.25, -0.2) is 9.78 Å². The zero-order valence-corrected chi connectivity index (χ0v) is 17.2. The lowest BCUT2D eigenvalue weighted by atomic mass is 10.0. The first-order chi connectivity index (χ1) is 14.4. The molecule has 0 aliphatic heterocycles. The van der Waals surface area contributed by atoms with E-state index in [0.717, 1.165) is 5.56 Å². The van der Waals surface area contributed by atoms with Crippen molar-refractivity contribution in [3.63, 3.8) is 0 Å². The zero-order chi connectivity index (χ0) is 21.7. The Kier molecular flexibility index (Phi) is 6.51. The standard InChI is InChI=1S/C21H23N5O4/c1-5-29-21(28)15-6-7-16(23-13(15)4)19(27)24-17(12(2)3)20-25-18(26-30-20)14-8-10-22-11-9-14/h6-12,17H,5H2,1-4H3,(H,24,27). The van der Waals surface area contributed by atoms with Crippen LogP contribution in [0.3, 0.4) is 0 Å². The number of nitrogens with zero attached hydrogens (tertiary/aromatic N) is 4. The van der Waals surface area contributed by atoms with E-state index in [0.29, 0.717) is 23.0 Å². The molecule has 1 N–H and O–H groups in total. The quantitative estimate of drug-likeness (QED) is 0.591. The molecule has 9 nitrogen and oxygen atoms in total. The van der Waals surface area contributed by atoms with Crippen molar-refractivity contribution in [2.24, 2.45) is 5.92 Å². The summed E-state index contributed by atoms with van der Waals surface area (Å²) in [5.74, 6) is -0.176. The van der Waals surface area contributed by atoms with Gasteiger partial charge in [0.25, 0.3) is 5.91 Å². The maximum Gasteiger partial charge on any atom is 0.339 e. The highest BCUT2D eigenvalue weighted by Crippen LogP contribution is 2.23. The Hall–Kier alpha value is -3.62. The molecule has 156 valence electrons. The molecular weight excluding hydrogens is 386 g/mol. The van der Waals surface area contributed by atoms with Gasteiger partial charge >= 0.3 is 5.97 Å². The Morgan fingerprint density at radius 1 is 1.13 bits per heavy atom. The molecule has 0 aliphatic carbocycles. The fourth-order valence-electron chi connectivity index (χ4n) is 2.82. The van der Waals surface area contributed by atoms with Gasteiger partial charge in [0.2, 0.25) is 11.7 Å². The average Bonchev–Trinajstić information content (AvgIpc) is 3.22. The van der Waals surface area contributed by atoms with E-state index in [1.807, 2.05) is 13.8 Å². The first kappa shape index (κ1) is 21.1. The molecule has 3 aromatic heterocycles. The van der Waals surface area contributed by atoms with Crippen molar-refractivity contribution < 1.29 is 18.8 Å². The first-order valence-corrected chi connectivity index (χ1v) is 9.60. The van der Waals surface area contributed by atoms with Gasteiger partial charge in [0.05, 0.1) is 17.9 Å². The molecular formula is C21H23N5O4. The van der Waals surface area contributed by atoms with Crippen molar-refractivity contribution in [1.29, 1.82) is 0 Å². The minimum atomic E-state index is -0.507. The first-order valence-electron chi connectivity index (χ1n) is 9.60. The number of nitrogens with one attached hydrogen (secondary N) is 1. The molecule has 0 aromatic carbocycles. The topological polar surface area (TPSA) is 120 Å². The molecule has 0 bridgehead atoms. The van der Waals surface area contributed by atoms with Crippen molar-refractivity contribution >= 4 is 11.9 Å². The summed E-state index contributed by atoms with van der Waals surface area (Å²) in [6.45, 7) is 7.52. The second kappa shape index (κ2) is 9.25. The van der Waals surface area contributed by atoms with Crippen LogP contribution in [0.15, 0.2) is 41.2 Å². The van der Waals surface area contributed by atoms with E-state index in [9.17, 15) is 9.59 Å². The maximum absolute atomic E-state index is 12.8. The van der Waals surface area contributed by atoms with E-state index in [1.165, 1.54) is 12.1 Å². The summed E-state index contributed by atoms with van der Waals surface area (Å²) >= 11 is 0. The molecule has 9 heteroatoms. The molecule has 0 saturated carbocycles. The van der Waals surface area contributed by atoms with Crippen molar-refractivity contribution in [2.75, 3.05) is 6.61 Å². The number of hydrogen-bond acceptors (Lipinski definition) is 8. The van der Waals surface area contributed by atoms with Gasteiger partial charge in [0.1, 0.15) is 11.7 Å². The summed E-state index contributed by atoms with van der Waals surface area (Å²) in [6, 6.07) is 6.06. The van der Waals surface area contributed by atoms with Crippen LogP contribution in [-0.2, 0) is 4.74 Å². The Labute approximate surface area is 173 Å².